The van der Waals surface area contributed by atoms with E-state index in [2.05, 4.69) is 36.6 Å². The maximum Gasteiger partial charge on any atom is 0.239 e. The third-order valence-electron chi connectivity index (χ3n) is 2.57. The van der Waals surface area contributed by atoms with Crippen LogP contribution in [0.5, 0.6) is 5.75 Å². The number of halogens is 1. The zero-order valence-corrected chi connectivity index (χ0v) is 12.2. The molecule has 100 valence electrons. The quantitative estimate of drug-likeness (QED) is 0.592. The first-order valence-corrected chi connectivity index (χ1v) is 6.34. The Bertz CT molecular complexity index is 539. The third-order valence-corrected chi connectivity index (χ3v) is 3.15. The highest BCUT2D eigenvalue weighted by Crippen LogP contribution is 2.28. The number of aromatic nitrogens is 2. The molecular weight excluding hydrogens is 310 g/mol. The minimum Gasteiger partial charge on any atom is -0.497 e. The molecule has 1 heterocycles. The van der Waals surface area contributed by atoms with Crippen molar-refractivity contribution in [3.8, 4) is 5.75 Å². The SMILES string of the molecule is COc1ccc(C)c(Nc2nc(NN)ncc2Br)c1. The molecule has 0 amide bonds. The number of ether oxygens (including phenoxy) is 1. The van der Waals surface area contributed by atoms with E-state index in [4.69, 9.17) is 10.6 Å². The molecule has 4 N–H and O–H groups in total. The molecule has 0 atom stereocenters. The van der Waals surface area contributed by atoms with Gasteiger partial charge in [0.05, 0.1) is 11.6 Å². The second-order valence-electron chi connectivity index (χ2n) is 3.84. The van der Waals surface area contributed by atoms with Gasteiger partial charge in [0.1, 0.15) is 11.6 Å². The summed E-state index contributed by atoms with van der Waals surface area (Å²) in [6.45, 7) is 2.00. The lowest BCUT2D eigenvalue weighted by atomic mass is 10.2. The summed E-state index contributed by atoms with van der Waals surface area (Å²) < 4.78 is 5.95. The Labute approximate surface area is 119 Å². The topological polar surface area (TPSA) is 85.1 Å². The number of aryl methyl sites for hydroxylation is 1. The van der Waals surface area contributed by atoms with Gasteiger partial charge in [-0.15, -0.1) is 0 Å². The minimum absolute atomic E-state index is 0.339. The van der Waals surface area contributed by atoms with E-state index in [-0.39, 0.29) is 0 Å². The van der Waals surface area contributed by atoms with Crippen LogP contribution in [0.2, 0.25) is 0 Å². The number of nitrogens with two attached hydrogens (primary N) is 1. The average molecular weight is 324 g/mol. The van der Waals surface area contributed by atoms with Crippen LogP contribution < -0.4 is 21.3 Å². The first-order chi connectivity index (χ1) is 9.13. The van der Waals surface area contributed by atoms with E-state index in [0.29, 0.717) is 11.8 Å². The van der Waals surface area contributed by atoms with E-state index < -0.39 is 0 Å². The number of nitrogen functional groups attached to an aromatic ring is 1. The number of anilines is 3. The summed E-state index contributed by atoms with van der Waals surface area (Å²) in [5.74, 6) is 7.04. The molecule has 0 fully saturated rings. The predicted octanol–water partition coefficient (Wildman–Crippen LogP) is 2.59. The Morgan fingerprint density at radius 2 is 2.16 bits per heavy atom. The summed E-state index contributed by atoms with van der Waals surface area (Å²) in [6.07, 6.45) is 1.63. The van der Waals surface area contributed by atoms with Gasteiger partial charge in [-0.25, -0.2) is 10.8 Å². The Hall–Kier alpha value is -1.86. The number of nitrogens with one attached hydrogen (secondary N) is 2. The molecule has 0 bridgehead atoms. The van der Waals surface area contributed by atoms with Crippen LogP contribution in [0.1, 0.15) is 5.56 Å². The molecule has 0 aliphatic heterocycles. The van der Waals surface area contributed by atoms with Crippen LogP contribution in [0.15, 0.2) is 28.9 Å². The first kappa shape index (κ1) is 13.6. The van der Waals surface area contributed by atoms with Gasteiger partial charge in [0.2, 0.25) is 5.95 Å². The van der Waals surface area contributed by atoms with Gasteiger partial charge >= 0.3 is 0 Å². The van der Waals surface area contributed by atoms with Gasteiger partial charge in [-0.3, -0.25) is 5.43 Å². The molecule has 0 aliphatic carbocycles. The minimum atomic E-state index is 0.339. The van der Waals surface area contributed by atoms with Crippen LogP contribution in [0.25, 0.3) is 0 Å². The Kier molecular flexibility index (Phi) is 4.18. The molecular formula is C12H14BrN5O. The number of hydrogen-bond donors (Lipinski definition) is 3. The van der Waals surface area contributed by atoms with Crippen LogP contribution >= 0.6 is 15.9 Å². The standard InChI is InChI=1S/C12H14BrN5O/c1-7-3-4-8(19-2)5-10(7)16-11-9(13)6-15-12(17-11)18-14/h3-6H,14H2,1-2H3,(H2,15,16,17,18). The summed E-state index contributed by atoms with van der Waals surface area (Å²) >= 11 is 3.39. The number of nitrogens with zero attached hydrogens (tertiary/aromatic N) is 2. The molecule has 7 heteroatoms. The van der Waals surface area contributed by atoms with Crippen molar-refractivity contribution in [2.45, 2.75) is 6.92 Å². The maximum atomic E-state index is 5.30. The van der Waals surface area contributed by atoms with Gasteiger partial charge in [-0.1, -0.05) is 6.07 Å². The fourth-order valence-electron chi connectivity index (χ4n) is 1.51. The van der Waals surface area contributed by atoms with Crippen LogP contribution in [-0.2, 0) is 0 Å². The molecule has 0 spiro atoms. The van der Waals surface area contributed by atoms with Gasteiger partial charge < -0.3 is 10.1 Å². The third kappa shape index (κ3) is 3.12. The summed E-state index contributed by atoms with van der Waals surface area (Å²) in [6, 6.07) is 5.78. The van der Waals surface area contributed by atoms with Crippen molar-refractivity contribution in [3.05, 3.63) is 34.4 Å². The van der Waals surface area contributed by atoms with E-state index in [1.165, 1.54) is 0 Å². The summed E-state index contributed by atoms with van der Waals surface area (Å²) in [7, 11) is 1.63. The maximum absolute atomic E-state index is 5.30. The van der Waals surface area contributed by atoms with Crippen molar-refractivity contribution in [3.63, 3.8) is 0 Å². The average Bonchev–Trinajstić information content (AvgIpc) is 2.43. The molecule has 1 aromatic heterocycles. The second kappa shape index (κ2) is 5.85. The van der Waals surface area contributed by atoms with Gasteiger partial charge in [-0.2, -0.15) is 4.98 Å². The van der Waals surface area contributed by atoms with Crippen molar-refractivity contribution < 1.29 is 4.74 Å². The van der Waals surface area contributed by atoms with E-state index in [1.807, 2.05) is 25.1 Å². The number of benzene rings is 1. The highest BCUT2D eigenvalue weighted by molar-refractivity contribution is 9.10. The Morgan fingerprint density at radius 1 is 1.37 bits per heavy atom. The summed E-state index contributed by atoms with van der Waals surface area (Å²) in [4.78, 5) is 8.23. The normalized spacial score (nSPS) is 10.1. The van der Waals surface area contributed by atoms with E-state index in [1.54, 1.807) is 13.3 Å². The van der Waals surface area contributed by atoms with Gasteiger partial charge in [0.25, 0.3) is 0 Å². The van der Waals surface area contributed by atoms with Crippen LogP contribution in [0, 0.1) is 6.92 Å². The van der Waals surface area contributed by atoms with Gasteiger partial charge in [-0.05, 0) is 34.5 Å². The van der Waals surface area contributed by atoms with Crippen LogP contribution in [-0.4, -0.2) is 17.1 Å². The van der Waals surface area contributed by atoms with Crippen molar-refractivity contribution in [1.82, 2.24) is 9.97 Å². The van der Waals surface area contributed by atoms with Crippen LogP contribution in [0.4, 0.5) is 17.5 Å². The smallest absolute Gasteiger partial charge is 0.239 e. The fraction of sp³-hybridized carbons (Fsp3) is 0.167. The lowest BCUT2D eigenvalue weighted by Crippen LogP contribution is -2.11. The number of hydrogen-bond acceptors (Lipinski definition) is 6. The summed E-state index contributed by atoms with van der Waals surface area (Å²) in [5.41, 5.74) is 4.39. The monoisotopic (exact) mass is 323 g/mol. The molecule has 0 saturated carbocycles. The zero-order valence-electron chi connectivity index (χ0n) is 10.6. The van der Waals surface area contributed by atoms with E-state index >= 15 is 0 Å². The highest BCUT2D eigenvalue weighted by atomic mass is 79.9. The molecule has 2 rings (SSSR count). The molecule has 0 aliphatic rings. The number of rotatable bonds is 4. The van der Waals surface area contributed by atoms with Crippen molar-refractivity contribution in [2.24, 2.45) is 5.84 Å². The van der Waals surface area contributed by atoms with Gasteiger partial charge in [0.15, 0.2) is 0 Å². The first-order valence-electron chi connectivity index (χ1n) is 5.55. The lowest BCUT2D eigenvalue weighted by Gasteiger charge is -2.12. The largest absolute Gasteiger partial charge is 0.497 e. The van der Waals surface area contributed by atoms with E-state index in [9.17, 15) is 0 Å². The molecule has 6 nitrogen and oxygen atoms in total. The predicted molar refractivity (Wildman–Crippen MR) is 78.6 cm³/mol. The molecule has 0 saturated heterocycles. The summed E-state index contributed by atoms with van der Waals surface area (Å²) in [5, 5.41) is 3.22. The van der Waals surface area contributed by atoms with Crippen molar-refractivity contribution in [2.75, 3.05) is 17.9 Å². The van der Waals surface area contributed by atoms with E-state index in [0.717, 1.165) is 21.5 Å². The fourth-order valence-corrected chi connectivity index (χ4v) is 1.80. The zero-order chi connectivity index (χ0) is 13.8. The number of hydrazine groups is 1. The van der Waals surface area contributed by atoms with Crippen molar-refractivity contribution in [1.29, 1.82) is 0 Å². The lowest BCUT2D eigenvalue weighted by molar-refractivity contribution is 0.415. The van der Waals surface area contributed by atoms with Crippen LogP contribution in [0.3, 0.4) is 0 Å². The molecule has 0 radical (unpaired) electrons. The second-order valence-corrected chi connectivity index (χ2v) is 4.69. The van der Waals surface area contributed by atoms with Crippen molar-refractivity contribution >= 4 is 33.4 Å². The molecule has 1 aromatic carbocycles. The highest BCUT2D eigenvalue weighted by Gasteiger charge is 2.07. The molecule has 2 aromatic rings. The molecule has 0 unspecified atom stereocenters. The number of methoxy groups -OCH3 is 1. The Balaban J connectivity index is 2.35. The Morgan fingerprint density at radius 3 is 2.84 bits per heavy atom. The molecule has 19 heavy (non-hydrogen) atoms. The van der Waals surface area contributed by atoms with Gasteiger partial charge in [0, 0.05) is 18.0 Å².